The third-order valence-corrected chi connectivity index (χ3v) is 3.35. The molecule has 0 spiro atoms. The second kappa shape index (κ2) is 6.21. The van der Waals surface area contributed by atoms with Crippen molar-refractivity contribution in [3.8, 4) is 0 Å². The molecule has 1 aromatic carbocycles. The summed E-state index contributed by atoms with van der Waals surface area (Å²) >= 11 is 1.56. The minimum Gasteiger partial charge on any atom is -0.478 e. The highest BCUT2D eigenvalue weighted by Gasteiger charge is 2.16. The van der Waals surface area contributed by atoms with E-state index in [2.05, 4.69) is 10.3 Å². The molecule has 20 heavy (non-hydrogen) atoms. The molecule has 0 bridgehead atoms. The number of benzene rings is 1. The number of thioether (sulfide) groups is 1. The van der Waals surface area contributed by atoms with Gasteiger partial charge in [0.15, 0.2) is 0 Å². The van der Waals surface area contributed by atoms with E-state index in [1.54, 1.807) is 17.8 Å². The van der Waals surface area contributed by atoms with Gasteiger partial charge in [-0.2, -0.15) is 0 Å². The molecule has 0 unspecified atom stereocenters. The van der Waals surface area contributed by atoms with E-state index in [0.717, 1.165) is 4.90 Å². The fraction of sp³-hybridized carbons (Fsp3) is 0.0714. The lowest BCUT2D eigenvalue weighted by Gasteiger charge is -2.08. The standard InChI is InChI=1S/C14H12N2O3S/c1-20-10-4-2-3-9(7-10)16-13(17)12-8-15-6-5-11(12)14(18)19/h2-8H,1H3,(H,16,17)(H,18,19). The number of aromatic carboxylic acids is 1. The maximum Gasteiger partial charge on any atom is 0.336 e. The molecule has 2 rings (SSSR count). The Labute approximate surface area is 120 Å². The second-order valence-electron chi connectivity index (χ2n) is 3.91. The molecule has 0 atom stereocenters. The van der Waals surface area contributed by atoms with Crippen LogP contribution in [0.25, 0.3) is 0 Å². The topological polar surface area (TPSA) is 79.3 Å². The van der Waals surface area contributed by atoms with Gasteiger partial charge in [-0.15, -0.1) is 11.8 Å². The number of carboxylic acid groups (broad SMARTS) is 1. The number of carbonyl (C=O) groups excluding carboxylic acids is 1. The Morgan fingerprint density at radius 3 is 2.75 bits per heavy atom. The first kappa shape index (κ1) is 14.1. The lowest BCUT2D eigenvalue weighted by atomic mass is 10.1. The summed E-state index contributed by atoms with van der Waals surface area (Å²) in [6, 6.07) is 8.61. The number of nitrogens with one attached hydrogen (secondary N) is 1. The first-order chi connectivity index (χ1) is 9.61. The molecule has 0 saturated carbocycles. The maximum atomic E-state index is 12.1. The Balaban J connectivity index is 2.26. The predicted octanol–water partition coefficient (Wildman–Crippen LogP) is 2.75. The van der Waals surface area contributed by atoms with Crippen LogP contribution in [0.1, 0.15) is 20.7 Å². The Hall–Kier alpha value is -2.34. The summed E-state index contributed by atoms with van der Waals surface area (Å²) < 4.78 is 0. The minimum atomic E-state index is -1.16. The molecule has 5 nitrogen and oxygen atoms in total. The molecule has 1 heterocycles. The molecule has 0 radical (unpaired) electrons. The van der Waals surface area contributed by atoms with Gasteiger partial charge in [-0.05, 0) is 30.5 Å². The van der Waals surface area contributed by atoms with Crippen LogP contribution in [0.4, 0.5) is 5.69 Å². The van der Waals surface area contributed by atoms with Gasteiger partial charge in [-0.25, -0.2) is 4.79 Å². The number of rotatable bonds is 4. The van der Waals surface area contributed by atoms with Crippen molar-refractivity contribution in [1.29, 1.82) is 0 Å². The lowest BCUT2D eigenvalue weighted by molar-refractivity contribution is 0.0692. The summed E-state index contributed by atoms with van der Waals surface area (Å²) in [6.45, 7) is 0. The first-order valence-electron chi connectivity index (χ1n) is 5.74. The van der Waals surface area contributed by atoms with Crippen LogP contribution in [0.2, 0.25) is 0 Å². The molecule has 102 valence electrons. The highest BCUT2D eigenvalue weighted by atomic mass is 32.2. The van der Waals surface area contributed by atoms with E-state index >= 15 is 0 Å². The third kappa shape index (κ3) is 3.16. The normalized spacial score (nSPS) is 10.1. The molecule has 0 aliphatic heterocycles. The van der Waals surface area contributed by atoms with Crippen molar-refractivity contribution < 1.29 is 14.7 Å². The summed E-state index contributed by atoms with van der Waals surface area (Å²) in [4.78, 5) is 28.0. The molecular formula is C14H12N2O3S. The smallest absolute Gasteiger partial charge is 0.336 e. The van der Waals surface area contributed by atoms with Gasteiger partial charge in [-0.3, -0.25) is 9.78 Å². The van der Waals surface area contributed by atoms with Crippen LogP contribution in [0, 0.1) is 0 Å². The fourth-order valence-corrected chi connectivity index (χ4v) is 2.12. The van der Waals surface area contributed by atoms with Crippen LogP contribution < -0.4 is 5.32 Å². The van der Waals surface area contributed by atoms with Crippen LogP contribution in [0.3, 0.4) is 0 Å². The molecule has 2 N–H and O–H groups in total. The summed E-state index contributed by atoms with van der Waals surface area (Å²) in [5.74, 6) is -1.65. The van der Waals surface area contributed by atoms with E-state index in [0.29, 0.717) is 5.69 Å². The van der Waals surface area contributed by atoms with Crippen LogP contribution in [-0.4, -0.2) is 28.2 Å². The lowest BCUT2D eigenvalue weighted by Crippen LogP contribution is -2.16. The highest BCUT2D eigenvalue weighted by molar-refractivity contribution is 7.98. The van der Waals surface area contributed by atoms with E-state index in [4.69, 9.17) is 5.11 Å². The van der Waals surface area contributed by atoms with Gasteiger partial charge < -0.3 is 10.4 Å². The Bertz CT molecular complexity index is 658. The zero-order valence-corrected chi connectivity index (χ0v) is 11.5. The van der Waals surface area contributed by atoms with Crippen LogP contribution >= 0.6 is 11.8 Å². The Kier molecular flexibility index (Phi) is 4.37. The molecule has 0 aliphatic carbocycles. The molecular weight excluding hydrogens is 276 g/mol. The number of anilines is 1. The molecule has 0 aliphatic rings. The second-order valence-corrected chi connectivity index (χ2v) is 4.79. The Morgan fingerprint density at radius 1 is 1.25 bits per heavy atom. The summed E-state index contributed by atoms with van der Waals surface area (Å²) in [5, 5.41) is 11.7. The van der Waals surface area contributed by atoms with E-state index in [1.165, 1.54) is 18.5 Å². The van der Waals surface area contributed by atoms with E-state index in [9.17, 15) is 9.59 Å². The van der Waals surface area contributed by atoms with Crippen molar-refractivity contribution in [2.45, 2.75) is 4.90 Å². The number of carboxylic acids is 1. The Morgan fingerprint density at radius 2 is 2.05 bits per heavy atom. The van der Waals surface area contributed by atoms with E-state index in [1.807, 2.05) is 24.5 Å². The average Bonchev–Trinajstić information content (AvgIpc) is 2.47. The van der Waals surface area contributed by atoms with E-state index < -0.39 is 11.9 Å². The molecule has 2 aromatic rings. The number of aromatic nitrogens is 1. The zero-order chi connectivity index (χ0) is 14.5. The largest absolute Gasteiger partial charge is 0.478 e. The number of hydrogen-bond donors (Lipinski definition) is 2. The van der Waals surface area contributed by atoms with Crippen LogP contribution in [0.15, 0.2) is 47.6 Å². The monoisotopic (exact) mass is 288 g/mol. The molecule has 0 saturated heterocycles. The highest BCUT2D eigenvalue weighted by Crippen LogP contribution is 2.20. The zero-order valence-electron chi connectivity index (χ0n) is 10.7. The number of pyridine rings is 1. The fourth-order valence-electron chi connectivity index (χ4n) is 1.66. The van der Waals surface area contributed by atoms with Crippen molar-refractivity contribution in [1.82, 2.24) is 4.98 Å². The van der Waals surface area contributed by atoms with Gasteiger partial charge in [0.05, 0.1) is 11.1 Å². The van der Waals surface area contributed by atoms with Gasteiger partial charge in [0.1, 0.15) is 0 Å². The predicted molar refractivity (Wildman–Crippen MR) is 77.4 cm³/mol. The van der Waals surface area contributed by atoms with Crippen molar-refractivity contribution in [2.75, 3.05) is 11.6 Å². The molecule has 0 fully saturated rings. The van der Waals surface area contributed by atoms with Gasteiger partial charge in [0.25, 0.3) is 5.91 Å². The van der Waals surface area contributed by atoms with Crippen LogP contribution in [0.5, 0.6) is 0 Å². The van der Waals surface area contributed by atoms with Gasteiger partial charge in [-0.1, -0.05) is 6.07 Å². The van der Waals surface area contributed by atoms with Crippen molar-refractivity contribution in [2.24, 2.45) is 0 Å². The van der Waals surface area contributed by atoms with Gasteiger partial charge in [0.2, 0.25) is 0 Å². The van der Waals surface area contributed by atoms with Crippen molar-refractivity contribution in [3.63, 3.8) is 0 Å². The molecule has 1 aromatic heterocycles. The van der Waals surface area contributed by atoms with Crippen molar-refractivity contribution in [3.05, 3.63) is 53.9 Å². The van der Waals surface area contributed by atoms with Gasteiger partial charge >= 0.3 is 5.97 Å². The minimum absolute atomic E-state index is 0.0366. The number of amides is 1. The molecule has 6 heteroatoms. The average molecular weight is 288 g/mol. The summed E-state index contributed by atoms with van der Waals surface area (Å²) in [6.07, 6.45) is 4.52. The molecule has 1 amide bonds. The number of carbonyl (C=O) groups is 2. The maximum absolute atomic E-state index is 12.1. The SMILES string of the molecule is CSc1cccc(NC(=O)c2cnccc2C(=O)O)c1. The van der Waals surface area contributed by atoms with E-state index in [-0.39, 0.29) is 11.1 Å². The summed E-state index contributed by atoms with van der Waals surface area (Å²) in [5.41, 5.74) is 0.579. The van der Waals surface area contributed by atoms with Crippen LogP contribution in [-0.2, 0) is 0 Å². The number of hydrogen-bond acceptors (Lipinski definition) is 4. The third-order valence-electron chi connectivity index (χ3n) is 2.62. The summed E-state index contributed by atoms with van der Waals surface area (Å²) in [7, 11) is 0. The number of nitrogens with zero attached hydrogens (tertiary/aromatic N) is 1. The van der Waals surface area contributed by atoms with Crippen molar-refractivity contribution >= 4 is 29.3 Å². The quantitative estimate of drug-likeness (QED) is 0.846. The van der Waals surface area contributed by atoms with Gasteiger partial charge in [0, 0.05) is 23.0 Å². The first-order valence-corrected chi connectivity index (χ1v) is 6.97.